The van der Waals surface area contributed by atoms with E-state index in [4.69, 9.17) is 17.0 Å². The molecule has 6 nitrogen and oxygen atoms in total. The zero-order valence-electron chi connectivity index (χ0n) is 18.4. The number of ketones is 1. The molecule has 0 saturated heterocycles. The van der Waals surface area contributed by atoms with Gasteiger partial charge in [0.1, 0.15) is 5.75 Å². The molecule has 3 aromatic carbocycles. The number of thiocarbonyl (C=S) groups is 1. The molecular formula is C25H25N3O3S2. The van der Waals surface area contributed by atoms with Gasteiger partial charge in [0.2, 0.25) is 5.91 Å². The number of hydrogen-bond donors (Lipinski definition) is 3. The largest absolute Gasteiger partial charge is 0.492 e. The van der Waals surface area contributed by atoms with Crippen molar-refractivity contribution in [2.75, 3.05) is 28.3 Å². The molecule has 33 heavy (non-hydrogen) atoms. The van der Waals surface area contributed by atoms with Crippen molar-refractivity contribution in [3.8, 4) is 5.75 Å². The minimum atomic E-state index is -0.114. The SMILES string of the molecule is CCOc1ccccc1NC(=O)CSc1cccc(NC(=S)Nc2ccc(C(C)=O)cc2)c1. The number of Topliss-reactive ketones (excluding diaryl/α,β-unsaturated/α-hetero) is 1. The third-order valence-corrected chi connectivity index (χ3v) is 5.67. The molecule has 0 heterocycles. The van der Waals surface area contributed by atoms with Gasteiger partial charge in [0.25, 0.3) is 0 Å². The van der Waals surface area contributed by atoms with Gasteiger partial charge < -0.3 is 20.7 Å². The molecular weight excluding hydrogens is 454 g/mol. The Bertz CT molecular complexity index is 1130. The van der Waals surface area contributed by atoms with Crippen molar-refractivity contribution >= 4 is 57.8 Å². The zero-order chi connectivity index (χ0) is 23.6. The molecule has 0 spiro atoms. The Kier molecular flexibility index (Phi) is 8.86. The number of nitrogens with one attached hydrogen (secondary N) is 3. The van der Waals surface area contributed by atoms with E-state index in [1.54, 1.807) is 24.3 Å². The van der Waals surface area contributed by atoms with Crippen LogP contribution in [0.2, 0.25) is 0 Å². The summed E-state index contributed by atoms with van der Waals surface area (Å²) in [5, 5.41) is 9.56. The molecule has 0 radical (unpaired) electrons. The number of ether oxygens (including phenoxy) is 1. The summed E-state index contributed by atoms with van der Waals surface area (Å²) in [6, 6.07) is 22.2. The first-order chi connectivity index (χ1) is 15.9. The van der Waals surface area contributed by atoms with E-state index in [-0.39, 0.29) is 17.4 Å². The van der Waals surface area contributed by atoms with Crippen molar-refractivity contribution in [2.45, 2.75) is 18.7 Å². The molecule has 3 N–H and O–H groups in total. The third-order valence-electron chi connectivity index (χ3n) is 4.47. The van der Waals surface area contributed by atoms with Crippen molar-refractivity contribution in [3.05, 3.63) is 78.4 Å². The van der Waals surface area contributed by atoms with Crippen LogP contribution >= 0.6 is 24.0 Å². The summed E-state index contributed by atoms with van der Waals surface area (Å²) in [7, 11) is 0. The Morgan fingerprint density at radius 3 is 2.36 bits per heavy atom. The van der Waals surface area contributed by atoms with E-state index >= 15 is 0 Å². The highest BCUT2D eigenvalue weighted by Crippen LogP contribution is 2.25. The van der Waals surface area contributed by atoms with Crippen LogP contribution < -0.4 is 20.7 Å². The van der Waals surface area contributed by atoms with Gasteiger partial charge >= 0.3 is 0 Å². The second kappa shape index (κ2) is 12.0. The van der Waals surface area contributed by atoms with Crippen LogP contribution in [-0.4, -0.2) is 29.2 Å². The van der Waals surface area contributed by atoms with E-state index in [0.717, 1.165) is 16.3 Å². The standard InChI is InChI=1S/C25H25N3O3S2/c1-3-31-23-10-5-4-9-22(23)28-24(30)16-33-21-8-6-7-20(15-21)27-25(32)26-19-13-11-18(12-14-19)17(2)29/h4-15H,3,16H2,1-2H3,(H,28,30)(H2,26,27,32). The summed E-state index contributed by atoms with van der Waals surface area (Å²) < 4.78 is 5.55. The molecule has 8 heteroatoms. The molecule has 0 aromatic heterocycles. The maximum atomic E-state index is 12.4. The van der Waals surface area contributed by atoms with Crippen LogP contribution in [0.5, 0.6) is 5.75 Å². The number of amides is 1. The van der Waals surface area contributed by atoms with E-state index in [9.17, 15) is 9.59 Å². The summed E-state index contributed by atoms with van der Waals surface area (Å²) in [4.78, 5) is 24.7. The highest BCUT2D eigenvalue weighted by molar-refractivity contribution is 8.00. The predicted molar refractivity (Wildman–Crippen MR) is 140 cm³/mol. The Hall–Kier alpha value is -3.36. The average Bonchev–Trinajstić information content (AvgIpc) is 2.80. The predicted octanol–water partition coefficient (Wildman–Crippen LogP) is 5.83. The Morgan fingerprint density at radius 1 is 0.909 bits per heavy atom. The van der Waals surface area contributed by atoms with Crippen molar-refractivity contribution in [1.29, 1.82) is 0 Å². The molecule has 0 aliphatic carbocycles. The Labute approximate surface area is 203 Å². The number of benzene rings is 3. The van der Waals surface area contributed by atoms with Crippen molar-refractivity contribution in [1.82, 2.24) is 0 Å². The monoisotopic (exact) mass is 479 g/mol. The van der Waals surface area contributed by atoms with Crippen LogP contribution in [0.4, 0.5) is 17.1 Å². The number of carbonyl (C=O) groups is 2. The molecule has 170 valence electrons. The van der Waals surface area contributed by atoms with Crippen LogP contribution in [-0.2, 0) is 4.79 Å². The number of anilines is 3. The number of rotatable bonds is 9. The lowest BCUT2D eigenvalue weighted by Crippen LogP contribution is -2.19. The average molecular weight is 480 g/mol. The number of thioether (sulfide) groups is 1. The summed E-state index contributed by atoms with van der Waals surface area (Å²) in [5.74, 6) is 0.816. The number of carbonyl (C=O) groups excluding carboxylic acids is 2. The minimum Gasteiger partial charge on any atom is -0.492 e. The van der Waals surface area contributed by atoms with Gasteiger partial charge in [-0.2, -0.15) is 0 Å². The fourth-order valence-electron chi connectivity index (χ4n) is 2.93. The Balaban J connectivity index is 1.52. The highest BCUT2D eigenvalue weighted by Gasteiger charge is 2.09. The van der Waals surface area contributed by atoms with Crippen molar-refractivity contribution in [3.63, 3.8) is 0 Å². The van der Waals surface area contributed by atoms with Gasteiger partial charge in [-0.05, 0) is 80.7 Å². The van der Waals surface area contributed by atoms with Crippen molar-refractivity contribution in [2.24, 2.45) is 0 Å². The third kappa shape index (κ3) is 7.62. The van der Waals surface area contributed by atoms with Crippen molar-refractivity contribution < 1.29 is 14.3 Å². The summed E-state index contributed by atoms with van der Waals surface area (Å²) >= 11 is 6.81. The number of hydrogen-bond acceptors (Lipinski definition) is 5. The highest BCUT2D eigenvalue weighted by atomic mass is 32.2. The normalized spacial score (nSPS) is 10.2. The fraction of sp³-hybridized carbons (Fsp3) is 0.160. The van der Waals surface area contributed by atoms with Gasteiger partial charge in [-0.25, -0.2) is 0 Å². The van der Waals surface area contributed by atoms with Crippen LogP contribution in [0.3, 0.4) is 0 Å². The molecule has 3 aromatic rings. The Morgan fingerprint density at radius 2 is 1.64 bits per heavy atom. The molecule has 0 unspecified atom stereocenters. The molecule has 0 aliphatic rings. The molecule has 3 rings (SSSR count). The molecule has 0 aliphatic heterocycles. The van der Waals surface area contributed by atoms with Crippen LogP contribution in [0, 0.1) is 0 Å². The molecule has 0 saturated carbocycles. The van der Waals surface area contributed by atoms with E-state index in [1.807, 2.05) is 55.5 Å². The van der Waals surface area contributed by atoms with Crippen LogP contribution in [0.25, 0.3) is 0 Å². The molecule has 0 bridgehead atoms. The number of para-hydroxylation sites is 2. The van der Waals surface area contributed by atoms with E-state index in [1.165, 1.54) is 18.7 Å². The zero-order valence-corrected chi connectivity index (χ0v) is 20.0. The van der Waals surface area contributed by atoms with Gasteiger partial charge in [-0.15, -0.1) is 11.8 Å². The van der Waals surface area contributed by atoms with Gasteiger partial charge in [-0.1, -0.05) is 18.2 Å². The smallest absolute Gasteiger partial charge is 0.234 e. The summed E-state index contributed by atoms with van der Waals surface area (Å²) in [5.41, 5.74) is 2.90. The van der Waals surface area contributed by atoms with Gasteiger partial charge in [-0.3, -0.25) is 9.59 Å². The second-order valence-corrected chi connectivity index (χ2v) is 8.46. The van der Waals surface area contributed by atoms with E-state index < -0.39 is 0 Å². The maximum absolute atomic E-state index is 12.4. The maximum Gasteiger partial charge on any atom is 0.234 e. The molecule has 0 fully saturated rings. The fourth-order valence-corrected chi connectivity index (χ4v) is 3.92. The topological polar surface area (TPSA) is 79.5 Å². The minimum absolute atomic E-state index is 0.0174. The first-order valence-electron chi connectivity index (χ1n) is 10.4. The second-order valence-electron chi connectivity index (χ2n) is 7.01. The lowest BCUT2D eigenvalue weighted by atomic mass is 10.1. The van der Waals surface area contributed by atoms with Crippen LogP contribution in [0.1, 0.15) is 24.2 Å². The van der Waals surface area contributed by atoms with Gasteiger partial charge in [0, 0.05) is 21.8 Å². The molecule has 0 atom stereocenters. The lowest BCUT2D eigenvalue weighted by Gasteiger charge is -2.12. The van der Waals surface area contributed by atoms with E-state index in [2.05, 4.69) is 16.0 Å². The van der Waals surface area contributed by atoms with Gasteiger partial charge in [0.05, 0.1) is 18.0 Å². The van der Waals surface area contributed by atoms with Gasteiger partial charge in [0.15, 0.2) is 10.9 Å². The molecule has 1 amide bonds. The lowest BCUT2D eigenvalue weighted by molar-refractivity contribution is -0.113. The van der Waals surface area contributed by atoms with Crippen LogP contribution in [0.15, 0.2) is 77.7 Å². The first kappa shape index (κ1) is 24.3. The van der Waals surface area contributed by atoms with E-state index in [0.29, 0.717) is 28.7 Å². The summed E-state index contributed by atoms with van der Waals surface area (Å²) in [6.45, 7) is 3.96. The quantitative estimate of drug-likeness (QED) is 0.202. The first-order valence-corrected chi connectivity index (χ1v) is 11.8. The summed E-state index contributed by atoms with van der Waals surface area (Å²) in [6.07, 6.45) is 0.